The normalized spacial score (nSPS) is 15.7. The van der Waals surface area contributed by atoms with Gasteiger partial charge in [-0.15, -0.1) is 11.8 Å². The first-order chi connectivity index (χ1) is 7.22. The Morgan fingerprint density at radius 2 is 2.20 bits per heavy atom. The van der Waals surface area contributed by atoms with Crippen LogP contribution in [-0.4, -0.2) is 17.3 Å². The highest BCUT2D eigenvalue weighted by atomic mass is 32.2. The lowest BCUT2D eigenvalue weighted by atomic mass is 10.0. The van der Waals surface area contributed by atoms with Crippen molar-refractivity contribution in [1.82, 2.24) is 4.98 Å². The van der Waals surface area contributed by atoms with E-state index in [4.69, 9.17) is 4.74 Å². The smallest absolute Gasteiger partial charge is 0.127 e. The van der Waals surface area contributed by atoms with E-state index in [9.17, 15) is 0 Å². The van der Waals surface area contributed by atoms with Gasteiger partial charge in [0.1, 0.15) is 10.8 Å². The number of ether oxygens (including phenoxy) is 1. The van der Waals surface area contributed by atoms with Crippen LogP contribution in [0.4, 0.5) is 0 Å². The lowest BCUT2D eigenvalue weighted by Gasteiger charge is -2.15. The van der Waals surface area contributed by atoms with Gasteiger partial charge in [0.15, 0.2) is 0 Å². The first kappa shape index (κ1) is 10.8. The zero-order chi connectivity index (χ0) is 10.8. The molecule has 1 aliphatic carbocycles. The summed E-state index contributed by atoms with van der Waals surface area (Å²) < 4.78 is 5.91. The lowest BCUT2D eigenvalue weighted by Crippen LogP contribution is -2.03. The zero-order valence-electron chi connectivity index (χ0n) is 9.49. The van der Waals surface area contributed by atoms with Crippen molar-refractivity contribution < 1.29 is 4.74 Å². The Balaban J connectivity index is 2.32. The minimum absolute atomic E-state index is 0.458. The molecule has 82 valence electrons. The summed E-state index contributed by atoms with van der Waals surface area (Å²) in [6.07, 6.45) is 6.77. The maximum Gasteiger partial charge on any atom is 0.127 e. The van der Waals surface area contributed by atoms with Crippen LogP contribution < -0.4 is 4.74 Å². The topological polar surface area (TPSA) is 22.1 Å². The van der Waals surface area contributed by atoms with Gasteiger partial charge in [0.05, 0.1) is 6.10 Å². The minimum Gasteiger partial charge on any atom is -0.490 e. The molecule has 2 nitrogen and oxygen atoms in total. The number of aromatic nitrogens is 1. The van der Waals surface area contributed by atoms with Gasteiger partial charge < -0.3 is 4.74 Å². The number of hydrogen-bond donors (Lipinski definition) is 0. The molecule has 1 aromatic rings. The van der Waals surface area contributed by atoms with Crippen molar-refractivity contribution in [2.75, 3.05) is 6.26 Å². The Hall–Kier alpha value is -0.700. The molecule has 0 aliphatic heterocycles. The van der Waals surface area contributed by atoms with Crippen molar-refractivity contribution in [1.29, 1.82) is 0 Å². The molecule has 0 spiro atoms. The van der Waals surface area contributed by atoms with Crippen molar-refractivity contribution in [3.8, 4) is 5.75 Å². The Bertz CT molecular complexity index is 347. The fraction of sp³-hybridized carbons (Fsp3) is 0.583. The van der Waals surface area contributed by atoms with Crippen LogP contribution in [-0.2, 0) is 0 Å². The molecule has 2 rings (SSSR count). The number of pyridine rings is 1. The SMILES string of the molecule is CSc1nccc(OC2CC2)c1C(C)C. The van der Waals surface area contributed by atoms with E-state index in [-0.39, 0.29) is 0 Å². The number of rotatable bonds is 4. The van der Waals surface area contributed by atoms with E-state index in [0.717, 1.165) is 10.8 Å². The van der Waals surface area contributed by atoms with Crippen molar-refractivity contribution >= 4 is 11.8 Å². The van der Waals surface area contributed by atoms with Crippen LogP contribution in [0.1, 0.15) is 38.2 Å². The van der Waals surface area contributed by atoms with Crippen molar-refractivity contribution in [3.05, 3.63) is 17.8 Å². The van der Waals surface area contributed by atoms with Crippen LogP contribution in [0.3, 0.4) is 0 Å². The van der Waals surface area contributed by atoms with Gasteiger partial charge >= 0.3 is 0 Å². The third-order valence-electron chi connectivity index (χ3n) is 2.50. The minimum atomic E-state index is 0.458. The molecular formula is C12H17NOS. The second kappa shape index (κ2) is 4.44. The molecule has 1 saturated carbocycles. The summed E-state index contributed by atoms with van der Waals surface area (Å²) in [6, 6.07) is 1.99. The second-order valence-corrected chi connectivity index (χ2v) is 5.00. The van der Waals surface area contributed by atoms with Gasteiger partial charge in [-0.1, -0.05) is 13.8 Å². The van der Waals surface area contributed by atoms with Gasteiger partial charge in [-0.3, -0.25) is 0 Å². The Morgan fingerprint density at radius 1 is 1.47 bits per heavy atom. The van der Waals surface area contributed by atoms with E-state index in [1.54, 1.807) is 11.8 Å². The lowest BCUT2D eigenvalue weighted by molar-refractivity contribution is 0.297. The van der Waals surface area contributed by atoms with Crippen LogP contribution in [0.5, 0.6) is 5.75 Å². The summed E-state index contributed by atoms with van der Waals surface area (Å²) >= 11 is 1.69. The Morgan fingerprint density at radius 3 is 2.73 bits per heavy atom. The van der Waals surface area contributed by atoms with E-state index in [0.29, 0.717) is 12.0 Å². The molecule has 15 heavy (non-hydrogen) atoms. The summed E-state index contributed by atoms with van der Waals surface area (Å²) in [6.45, 7) is 4.38. The summed E-state index contributed by atoms with van der Waals surface area (Å²) in [5, 5.41) is 1.10. The van der Waals surface area contributed by atoms with Gasteiger partial charge in [0.2, 0.25) is 0 Å². The largest absolute Gasteiger partial charge is 0.490 e. The quantitative estimate of drug-likeness (QED) is 0.730. The third kappa shape index (κ3) is 2.46. The molecule has 0 aromatic carbocycles. The molecule has 1 aliphatic rings. The highest BCUT2D eigenvalue weighted by Gasteiger charge is 2.25. The Labute approximate surface area is 95.4 Å². The number of nitrogens with zero attached hydrogens (tertiary/aromatic N) is 1. The zero-order valence-corrected chi connectivity index (χ0v) is 10.3. The standard InChI is InChI=1S/C12H17NOS/c1-8(2)11-10(14-9-4-5-9)6-7-13-12(11)15-3/h6-9H,4-5H2,1-3H3. The fourth-order valence-corrected chi connectivity index (χ4v) is 2.32. The summed E-state index contributed by atoms with van der Waals surface area (Å²) in [5.74, 6) is 1.50. The molecule has 1 aromatic heterocycles. The predicted octanol–water partition coefficient (Wildman–Crippen LogP) is 3.47. The average Bonchev–Trinajstić information content (AvgIpc) is 3.01. The molecule has 0 radical (unpaired) electrons. The first-order valence-electron chi connectivity index (χ1n) is 5.42. The van der Waals surface area contributed by atoms with Crippen molar-refractivity contribution in [2.24, 2.45) is 0 Å². The van der Waals surface area contributed by atoms with E-state index in [1.165, 1.54) is 18.4 Å². The van der Waals surface area contributed by atoms with Crippen molar-refractivity contribution in [3.63, 3.8) is 0 Å². The van der Waals surface area contributed by atoms with E-state index in [2.05, 4.69) is 25.1 Å². The third-order valence-corrected chi connectivity index (χ3v) is 3.21. The average molecular weight is 223 g/mol. The van der Waals surface area contributed by atoms with E-state index < -0.39 is 0 Å². The van der Waals surface area contributed by atoms with E-state index in [1.807, 2.05) is 12.3 Å². The van der Waals surface area contributed by atoms with Crippen LogP contribution in [0, 0.1) is 0 Å². The highest BCUT2D eigenvalue weighted by molar-refractivity contribution is 7.98. The molecule has 1 fully saturated rings. The number of hydrogen-bond acceptors (Lipinski definition) is 3. The van der Waals surface area contributed by atoms with Gasteiger partial charge in [0.25, 0.3) is 0 Å². The summed E-state index contributed by atoms with van der Waals surface area (Å²) in [5.41, 5.74) is 1.26. The molecule has 0 bridgehead atoms. The molecule has 0 unspecified atom stereocenters. The van der Waals surface area contributed by atoms with Crippen LogP contribution in [0.25, 0.3) is 0 Å². The van der Waals surface area contributed by atoms with Gasteiger partial charge in [-0.2, -0.15) is 0 Å². The molecule has 0 N–H and O–H groups in total. The second-order valence-electron chi connectivity index (χ2n) is 4.20. The highest BCUT2D eigenvalue weighted by Crippen LogP contribution is 2.36. The maximum atomic E-state index is 5.91. The predicted molar refractivity (Wildman–Crippen MR) is 63.8 cm³/mol. The summed E-state index contributed by atoms with van der Waals surface area (Å²) in [4.78, 5) is 4.39. The molecule has 0 saturated heterocycles. The number of thioether (sulfide) groups is 1. The van der Waals surface area contributed by atoms with Crippen molar-refractivity contribution in [2.45, 2.75) is 43.7 Å². The van der Waals surface area contributed by atoms with Gasteiger partial charge in [0, 0.05) is 11.8 Å². The molecule has 0 atom stereocenters. The van der Waals surface area contributed by atoms with E-state index >= 15 is 0 Å². The van der Waals surface area contributed by atoms with Crippen LogP contribution in [0.15, 0.2) is 17.3 Å². The monoisotopic (exact) mass is 223 g/mol. The Kier molecular flexibility index (Phi) is 3.19. The molecule has 1 heterocycles. The maximum absolute atomic E-state index is 5.91. The van der Waals surface area contributed by atoms with Gasteiger partial charge in [-0.25, -0.2) is 4.98 Å². The van der Waals surface area contributed by atoms with Crippen LogP contribution >= 0.6 is 11.8 Å². The van der Waals surface area contributed by atoms with Crippen LogP contribution in [0.2, 0.25) is 0 Å². The molecule has 0 amide bonds. The summed E-state index contributed by atoms with van der Waals surface area (Å²) in [7, 11) is 0. The molecule has 3 heteroatoms. The first-order valence-corrected chi connectivity index (χ1v) is 6.64. The van der Waals surface area contributed by atoms with Gasteiger partial charge in [-0.05, 0) is 31.1 Å². The molecular weight excluding hydrogens is 206 g/mol. The fourth-order valence-electron chi connectivity index (χ4n) is 1.60.